The fraction of sp³-hybridized carbons (Fsp3) is 0.200. The average molecular weight is 494 g/mol. The number of aryl methyl sites for hydroxylation is 1. The smallest absolute Gasteiger partial charge is 0.234 e. The largest absolute Gasteiger partial charge is 0.326 e. The lowest BCUT2D eigenvalue weighted by molar-refractivity contribution is -0.116. The lowest BCUT2D eigenvalue weighted by atomic mass is 10.1. The number of anilines is 2. The van der Waals surface area contributed by atoms with Gasteiger partial charge in [-0.2, -0.15) is 0 Å². The average Bonchev–Trinajstić information content (AvgIpc) is 3.21. The first-order valence-electron chi connectivity index (χ1n) is 10.8. The van der Waals surface area contributed by atoms with E-state index in [9.17, 15) is 9.59 Å². The molecule has 34 heavy (non-hydrogen) atoms. The Balaban J connectivity index is 1.37. The van der Waals surface area contributed by atoms with Crippen LogP contribution in [0.4, 0.5) is 11.4 Å². The Morgan fingerprint density at radius 2 is 1.79 bits per heavy atom. The van der Waals surface area contributed by atoms with Crippen molar-refractivity contribution in [3.63, 3.8) is 0 Å². The number of hydrogen-bond donors (Lipinski definition) is 2. The van der Waals surface area contributed by atoms with Crippen LogP contribution < -0.4 is 10.6 Å². The molecule has 1 heterocycles. The van der Waals surface area contributed by atoms with Gasteiger partial charge in [-0.25, -0.2) is 0 Å². The van der Waals surface area contributed by atoms with Crippen LogP contribution in [0.15, 0.2) is 65.8 Å². The SMILES string of the molecule is CCn1c(CC(=O)Nc2ccc(C)c(Cl)c2)nnc1SCC(=O)Nc1cccc2ccccc12. The second-order valence-electron chi connectivity index (χ2n) is 7.70. The van der Waals surface area contributed by atoms with Crippen LogP contribution in [0, 0.1) is 6.92 Å². The summed E-state index contributed by atoms with van der Waals surface area (Å²) in [7, 11) is 0. The van der Waals surface area contributed by atoms with Gasteiger partial charge in [0.25, 0.3) is 0 Å². The molecule has 0 bridgehead atoms. The number of amides is 2. The zero-order valence-corrected chi connectivity index (χ0v) is 20.4. The number of carbonyl (C=O) groups excluding carboxylic acids is 2. The van der Waals surface area contributed by atoms with Gasteiger partial charge in [-0.05, 0) is 43.0 Å². The van der Waals surface area contributed by atoms with E-state index in [2.05, 4.69) is 20.8 Å². The lowest BCUT2D eigenvalue weighted by Crippen LogP contribution is -2.18. The Morgan fingerprint density at radius 3 is 2.59 bits per heavy atom. The van der Waals surface area contributed by atoms with Crippen molar-refractivity contribution in [1.82, 2.24) is 14.8 Å². The summed E-state index contributed by atoms with van der Waals surface area (Å²) in [5.41, 5.74) is 2.34. The second kappa shape index (κ2) is 10.7. The third-order valence-corrected chi connectivity index (χ3v) is 6.65. The molecule has 0 saturated heterocycles. The molecule has 2 N–H and O–H groups in total. The molecule has 2 amide bonds. The van der Waals surface area contributed by atoms with E-state index in [1.807, 2.05) is 66.9 Å². The summed E-state index contributed by atoms with van der Waals surface area (Å²) >= 11 is 7.42. The number of thioether (sulfide) groups is 1. The van der Waals surface area contributed by atoms with Gasteiger partial charge in [-0.15, -0.1) is 10.2 Å². The Kier molecular flexibility index (Phi) is 7.49. The van der Waals surface area contributed by atoms with E-state index >= 15 is 0 Å². The molecule has 0 atom stereocenters. The highest BCUT2D eigenvalue weighted by atomic mass is 35.5. The molecule has 0 spiro atoms. The molecule has 3 aromatic carbocycles. The molecule has 9 heteroatoms. The molecular formula is C25H24ClN5O2S. The quantitative estimate of drug-likeness (QED) is 0.324. The molecule has 0 fully saturated rings. The molecule has 0 aliphatic heterocycles. The lowest BCUT2D eigenvalue weighted by Gasteiger charge is -2.10. The standard InChI is InChI=1S/C25H24ClN5O2S/c1-3-31-22(14-23(32)27-18-12-11-16(2)20(26)13-18)29-30-25(31)34-15-24(33)28-21-10-6-8-17-7-4-5-9-19(17)21/h4-13H,3,14-15H2,1-2H3,(H,27,32)(H,28,33). The van der Waals surface area contributed by atoms with Crippen molar-refractivity contribution in [2.45, 2.75) is 32.0 Å². The normalized spacial score (nSPS) is 10.9. The third kappa shape index (κ3) is 5.58. The first-order chi connectivity index (χ1) is 16.4. The minimum Gasteiger partial charge on any atom is -0.326 e. The number of aromatic nitrogens is 3. The van der Waals surface area contributed by atoms with E-state index in [0.29, 0.717) is 28.2 Å². The number of benzene rings is 3. The molecule has 174 valence electrons. The number of halogens is 1. The summed E-state index contributed by atoms with van der Waals surface area (Å²) in [6.45, 7) is 4.43. The van der Waals surface area contributed by atoms with E-state index in [-0.39, 0.29) is 24.0 Å². The molecule has 4 aromatic rings. The van der Waals surface area contributed by atoms with E-state index in [1.165, 1.54) is 11.8 Å². The molecule has 0 saturated carbocycles. The maximum Gasteiger partial charge on any atom is 0.234 e. The van der Waals surface area contributed by atoms with Gasteiger partial charge < -0.3 is 15.2 Å². The van der Waals surface area contributed by atoms with Gasteiger partial charge in [0.1, 0.15) is 5.82 Å². The van der Waals surface area contributed by atoms with Crippen molar-refractivity contribution in [2.75, 3.05) is 16.4 Å². The van der Waals surface area contributed by atoms with Crippen LogP contribution in [0.2, 0.25) is 5.02 Å². The summed E-state index contributed by atoms with van der Waals surface area (Å²) in [4.78, 5) is 25.1. The maximum atomic E-state index is 12.6. The van der Waals surface area contributed by atoms with Crippen LogP contribution >= 0.6 is 23.4 Å². The van der Waals surface area contributed by atoms with Gasteiger partial charge in [0.05, 0.1) is 12.2 Å². The zero-order valence-electron chi connectivity index (χ0n) is 18.8. The molecule has 0 radical (unpaired) electrons. The van der Waals surface area contributed by atoms with Crippen LogP contribution in [0.25, 0.3) is 10.8 Å². The van der Waals surface area contributed by atoms with Crippen molar-refractivity contribution in [1.29, 1.82) is 0 Å². The van der Waals surface area contributed by atoms with Crippen molar-refractivity contribution < 1.29 is 9.59 Å². The van der Waals surface area contributed by atoms with Crippen LogP contribution in [0.3, 0.4) is 0 Å². The highest BCUT2D eigenvalue weighted by Gasteiger charge is 2.16. The van der Waals surface area contributed by atoms with Crippen molar-refractivity contribution in [3.05, 3.63) is 77.1 Å². The summed E-state index contributed by atoms with van der Waals surface area (Å²) < 4.78 is 1.84. The van der Waals surface area contributed by atoms with Gasteiger partial charge in [-0.1, -0.05) is 65.8 Å². The van der Waals surface area contributed by atoms with E-state index in [0.717, 1.165) is 22.0 Å². The Hall–Kier alpha value is -3.36. The van der Waals surface area contributed by atoms with Crippen molar-refractivity contribution in [2.24, 2.45) is 0 Å². The Bertz CT molecular complexity index is 1350. The molecule has 0 aliphatic rings. The van der Waals surface area contributed by atoms with E-state index in [1.54, 1.807) is 12.1 Å². The number of carbonyl (C=O) groups is 2. The van der Waals surface area contributed by atoms with Gasteiger partial charge >= 0.3 is 0 Å². The fourth-order valence-electron chi connectivity index (χ4n) is 3.54. The minimum atomic E-state index is -0.215. The fourth-order valence-corrected chi connectivity index (χ4v) is 4.55. The Morgan fingerprint density at radius 1 is 1.00 bits per heavy atom. The number of rotatable bonds is 8. The minimum absolute atomic E-state index is 0.0646. The second-order valence-corrected chi connectivity index (χ2v) is 9.05. The van der Waals surface area contributed by atoms with Gasteiger partial charge in [0, 0.05) is 28.3 Å². The van der Waals surface area contributed by atoms with Crippen molar-refractivity contribution >= 4 is 57.3 Å². The molecule has 7 nitrogen and oxygen atoms in total. The maximum absolute atomic E-state index is 12.6. The molecule has 4 rings (SSSR count). The van der Waals surface area contributed by atoms with Crippen LogP contribution in [-0.4, -0.2) is 32.3 Å². The van der Waals surface area contributed by atoms with Gasteiger partial charge in [0.15, 0.2) is 5.16 Å². The first-order valence-corrected chi connectivity index (χ1v) is 12.2. The summed E-state index contributed by atoms with van der Waals surface area (Å²) in [6.07, 6.45) is 0.0646. The van der Waals surface area contributed by atoms with Gasteiger partial charge in [0.2, 0.25) is 11.8 Å². The van der Waals surface area contributed by atoms with Gasteiger partial charge in [-0.3, -0.25) is 9.59 Å². The summed E-state index contributed by atoms with van der Waals surface area (Å²) in [5, 5.41) is 17.4. The first kappa shape index (κ1) is 23.8. The predicted molar refractivity (Wildman–Crippen MR) is 138 cm³/mol. The predicted octanol–water partition coefficient (Wildman–Crippen LogP) is 5.33. The van der Waals surface area contributed by atoms with E-state index < -0.39 is 0 Å². The Labute approximate surface area is 206 Å². The zero-order chi connectivity index (χ0) is 24.1. The highest BCUT2D eigenvalue weighted by molar-refractivity contribution is 7.99. The summed E-state index contributed by atoms with van der Waals surface area (Å²) in [6, 6.07) is 19.1. The van der Waals surface area contributed by atoms with Crippen molar-refractivity contribution in [3.8, 4) is 0 Å². The molecule has 0 unspecified atom stereocenters. The number of nitrogens with one attached hydrogen (secondary N) is 2. The number of nitrogens with zero attached hydrogens (tertiary/aromatic N) is 3. The third-order valence-electron chi connectivity index (χ3n) is 5.28. The molecular weight excluding hydrogens is 470 g/mol. The molecule has 0 aliphatic carbocycles. The highest BCUT2D eigenvalue weighted by Crippen LogP contribution is 2.24. The van der Waals surface area contributed by atoms with Crippen LogP contribution in [0.1, 0.15) is 18.3 Å². The number of hydrogen-bond acceptors (Lipinski definition) is 5. The van der Waals surface area contributed by atoms with E-state index in [4.69, 9.17) is 11.6 Å². The van der Waals surface area contributed by atoms with Crippen LogP contribution in [0.5, 0.6) is 0 Å². The topological polar surface area (TPSA) is 88.9 Å². The van der Waals surface area contributed by atoms with Crippen LogP contribution in [-0.2, 0) is 22.6 Å². The molecule has 1 aromatic heterocycles. The summed E-state index contributed by atoms with van der Waals surface area (Å²) in [5.74, 6) is 0.361. The monoisotopic (exact) mass is 493 g/mol. The number of fused-ring (bicyclic) bond motifs is 1.